The van der Waals surface area contributed by atoms with Crippen LogP contribution in [0, 0.1) is 11.7 Å². The lowest BCUT2D eigenvalue weighted by Gasteiger charge is -2.28. The van der Waals surface area contributed by atoms with Gasteiger partial charge in [0.1, 0.15) is 5.82 Å². The monoisotopic (exact) mass is 292 g/mol. The van der Waals surface area contributed by atoms with E-state index in [1.54, 1.807) is 12.1 Å². The fraction of sp³-hybridized carbons (Fsp3) is 0.500. The fourth-order valence-corrected chi connectivity index (χ4v) is 2.78. The third-order valence-corrected chi connectivity index (χ3v) is 4.13. The standard InChI is InChI=1S/C16H21FN2O2/c1-11(12-2-6-14(17)7-3-12)19-16(21)13-4-8-15(9-5-13)18-10-20/h2-3,6-7,10-11,13,15H,4-5,8-9H2,1H3,(H,18,20)(H,19,21)/t11-,13?,15?/m1/s1. The normalized spacial score (nSPS) is 23.1. The summed E-state index contributed by atoms with van der Waals surface area (Å²) < 4.78 is 12.9. The highest BCUT2D eigenvalue weighted by atomic mass is 19.1. The molecule has 1 aromatic rings. The number of hydrogen-bond donors (Lipinski definition) is 2. The first-order valence-electron chi connectivity index (χ1n) is 7.35. The van der Waals surface area contributed by atoms with Crippen LogP contribution in [0.3, 0.4) is 0 Å². The van der Waals surface area contributed by atoms with E-state index in [4.69, 9.17) is 0 Å². The summed E-state index contributed by atoms with van der Waals surface area (Å²) in [5.74, 6) is -0.243. The smallest absolute Gasteiger partial charge is 0.223 e. The van der Waals surface area contributed by atoms with Crippen molar-refractivity contribution in [1.82, 2.24) is 10.6 Å². The summed E-state index contributed by atoms with van der Waals surface area (Å²) in [6.07, 6.45) is 3.96. The molecule has 0 heterocycles. The van der Waals surface area contributed by atoms with E-state index in [1.165, 1.54) is 12.1 Å². The van der Waals surface area contributed by atoms with E-state index in [1.807, 2.05) is 6.92 Å². The van der Waals surface area contributed by atoms with Crippen molar-refractivity contribution in [3.05, 3.63) is 35.6 Å². The van der Waals surface area contributed by atoms with Gasteiger partial charge in [0.05, 0.1) is 6.04 Å². The van der Waals surface area contributed by atoms with Gasteiger partial charge in [-0.05, 0) is 50.3 Å². The predicted octanol–water partition coefficient (Wildman–Crippen LogP) is 2.31. The highest BCUT2D eigenvalue weighted by Crippen LogP contribution is 2.25. The summed E-state index contributed by atoms with van der Waals surface area (Å²) in [4.78, 5) is 22.6. The van der Waals surface area contributed by atoms with Crippen molar-refractivity contribution in [3.8, 4) is 0 Å². The molecule has 0 aromatic heterocycles. The van der Waals surface area contributed by atoms with Gasteiger partial charge in [-0.25, -0.2) is 4.39 Å². The van der Waals surface area contributed by atoms with Gasteiger partial charge in [0.15, 0.2) is 0 Å². The maximum absolute atomic E-state index is 12.9. The summed E-state index contributed by atoms with van der Waals surface area (Å²) in [6, 6.07) is 6.23. The molecule has 2 N–H and O–H groups in total. The molecule has 0 aliphatic heterocycles. The van der Waals surface area contributed by atoms with E-state index < -0.39 is 0 Å². The van der Waals surface area contributed by atoms with E-state index >= 15 is 0 Å². The Hall–Kier alpha value is -1.91. The Balaban J connectivity index is 1.84. The van der Waals surface area contributed by atoms with Gasteiger partial charge < -0.3 is 10.6 Å². The van der Waals surface area contributed by atoms with Crippen LogP contribution in [0.1, 0.15) is 44.2 Å². The van der Waals surface area contributed by atoms with Crippen molar-refractivity contribution in [2.24, 2.45) is 5.92 Å². The predicted molar refractivity (Wildman–Crippen MR) is 77.9 cm³/mol. The SMILES string of the molecule is C[C@@H](NC(=O)C1CCC(NC=O)CC1)c1ccc(F)cc1. The molecule has 0 bridgehead atoms. The molecule has 2 rings (SSSR count). The van der Waals surface area contributed by atoms with Crippen LogP contribution in [-0.4, -0.2) is 18.4 Å². The van der Waals surface area contributed by atoms with E-state index in [0.29, 0.717) is 0 Å². The molecular formula is C16H21FN2O2. The number of benzene rings is 1. The molecular weight excluding hydrogens is 271 g/mol. The van der Waals surface area contributed by atoms with Gasteiger partial charge >= 0.3 is 0 Å². The molecule has 0 unspecified atom stereocenters. The molecule has 2 amide bonds. The first kappa shape index (κ1) is 15.5. The molecule has 0 saturated heterocycles. The summed E-state index contributed by atoms with van der Waals surface area (Å²) in [6.45, 7) is 1.89. The van der Waals surface area contributed by atoms with E-state index in [9.17, 15) is 14.0 Å². The summed E-state index contributed by atoms with van der Waals surface area (Å²) in [5.41, 5.74) is 0.890. The largest absolute Gasteiger partial charge is 0.356 e. The zero-order chi connectivity index (χ0) is 15.2. The Labute approximate surface area is 124 Å². The Kier molecular flexibility index (Phi) is 5.31. The van der Waals surface area contributed by atoms with Crippen LogP contribution in [0.25, 0.3) is 0 Å². The van der Waals surface area contributed by atoms with Crippen molar-refractivity contribution in [3.63, 3.8) is 0 Å². The van der Waals surface area contributed by atoms with Crippen LogP contribution in [0.15, 0.2) is 24.3 Å². The number of carbonyl (C=O) groups excluding carboxylic acids is 2. The van der Waals surface area contributed by atoms with Crippen LogP contribution < -0.4 is 10.6 Å². The van der Waals surface area contributed by atoms with Gasteiger partial charge in [0.25, 0.3) is 0 Å². The Bertz CT molecular complexity index is 482. The maximum Gasteiger partial charge on any atom is 0.223 e. The maximum atomic E-state index is 12.9. The summed E-state index contributed by atoms with van der Waals surface area (Å²) in [5, 5.41) is 5.75. The molecule has 4 nitrogen and oxygen atoms in total. The van der Waals surface area contributed by atoms with Crippen LogP contribution in [0.2, 0.25) is 0 Å². The number of carbonyl (C=O) groups is 2. The van der Waals surface area contributed by atoms with Gasteiger partial charge in [0.2, 0.25) is 12.3 Å². The van der Waals surface area contributed by atoms with E-state index in [-0.39, 0.29) is 29.7 Å². The number of rotatable bonds is 5. The Morgan fingerprint density at radius 3 is 2.43 bits per heavy atom. The summed E-state index contributed by atoms with van der Waals surface area (Å²) in [7, 11) is 0. The van der Waals surface area contributed by atoms with Crippen molar-refractivity contribution < 1.29 is 14.0 Å². The minimum absolute atomic E-state index is 0.00222. The Morgan fingerprint density at radius 2 is 1.86 bits per heavy atom. The zero-order valence-corrected chi connectivity index (χ0v) is 12.1. The van der Waals surface area contributed by atoms with Crippen LogP contribution in [-0.2, 0) is 9.59 Å². The molecule has 1 aliphatic carbocycles. The number of amides is 2. The molecule has 5 heteroatoms. The minimum Gasteiger partial charge on any atom is -0.356 e. The topological polar surface area (TPSA) is 58.2 Å². The lowest BCUT2D eigenvalue weighted by Crippen LogP contribution is -2.38. The van der Waals surface area contributed by atoms with Crippen molar-refractivity contribution in [1.29, 1.82) is 0 Å². The quantitative estimate of drug-likeness (QED) is 0.818. The van der Waals surface area contributed by atoms with E-state index in [0.717, 1.165) is 37.7 Å². The van der Waals surface area contributed by atoms with Crippen molar-refractivity contribution in [2.75, 3.05) is 0 Å². The lowest BCUT2D eigenvalue weighted by molar-refractivity contribution is -0.126. The highest BCUT2D eigenvalue weighted by Gasteiger charge is 2.26. The minimum atomic E-state index is -0.279. The number of nitrogens with one attached hydrogen (secondary N) is 2. The van der Waals surface area contributed by atoms with Gasteiger partial charge in [0, 0.05) is 12.0 Å². The zero-order valence-electron chi connectivity index (χ0n) is 12.1. The molecule has 0 spiro atoms. The van der Waals surface area contributed by atoms with Gasteiger partial charge in [-0.2, -0.15) is 0 Å². The average Bonchev–Trinajstić information content (AvgIpc) is 2.49. The molecule has 21 heavy (non-hydrogen) atoms. The molecule has 1 aliphatic rings. The molecule has 1 saturated carbocycles. The third kappa shape index (κ3) is 4.28. The molecule has 1 atom stereocenters. The second kappa shape index (κ2) is 7.20. The first-order valence-corrected chi connectivity index (χ1v) is 7.35. The lowest BCUT2D eigenvalue weighted by atomic mass is 9.85. The molecule has 1 fully saturated rings. The highest BCUT2D eigenvalue weighted by molar-refractivity contribution is 5.79. The molecule has 114 valence electrons. The van der Waals surface area contributed by atoms with Gasteiger partial charge in [-0.1, -0.05) is 12.1 Å². The van der Waals surface area contributed by atoms with Crippen LogP contribution in [0.4, 0.5) is 4.39 Å². The number of halogens is 1. The molecule has 0 radical (unpaired) electrons. The number of hydrogen-bond acceptors (Lipinski definition) is 2. The average molecular weight is 292 g/mol. The van der Waals surface area contributed by atoms with Crippen LogP contribution in [0.5, 0.6) is 0 Å². The third-order valence-electron chi connectivity index (χ3n) is 4.13. The van der Waals surface area contributed by atoms with Crippen molar-refractivity contribution in [2.45, 2.75) is 44.7 Å². The second-order valence-electron chi connectivity index (χ2n) is 5.61. The Morgan fingerprint density at radius 1 is 1.24 bits per heavy atom. The van der Waals surface area contributed by atoms with Gasteiger partial charge in [-0.3, -0.25) is 9.59 Å². The molecule has 1 aromatic carbocycles. The fourth-order valence-electron chi connectivity index (χ4n) is 2.78. The van der Waals surface area contributed by atoms with E-state index in [2.05, 4.69) is 10.6 Å². The second-order valence-corrected chi connectivity index (χ2v) is 5.61. The first-order chi connectivity index (χ1) is 10.1. The van der Waals surface area contributed by atoms with Gasteiger partial charge in [-0.15, -0.1) is 0 Å². The summed E-state index contributed by atoms with van der Waals surface area (Å²) >= 11 is 0. The van der Waals surface area contributed by atoms with Crippen molar-refractivity contribution >= 4 is 12.3 Å². The van der Waals surface area contributed by atoms with Crippen LogP contribution >= 0.6 is 0 Å².